The van der Waals surface area contributed by atoms with Gasteiger partial charge in [0.15, 0.2) is 0 Å². The van der Waals surface area contributed by atoms with Gasteiger partial charge in [-0.15, -0.1) is 0 Å². The van der Waals surface area contributed by atoms with E-state index in [1.54, 1.807) is 0 Å². The molecule has 0 aromatic rings. The van der Waals surface area contributed by atoms with Gasteiger partial charge in [0.1, 0.15) is 0 Å². The van der Waals surface area contributed by atoms with Crippen LogP contribution < -0.4 is 0 Å². The fraction of sp³-hybridized carbons (Fsp3) is 1.00. The van der Waals surface area contributed by atoms with E-state index >= 15 is 0 Å². The van der Waals surface area contributed by atoms with Gasteiger partial charge in [0.25, 0.3) is 0 Å². The molecule has 0 nitrogen and oxygen atoms in total. The molecule has 4 fully saturated rings. The molecule has 0 aromatic heterocycles. The Morgan fingerprint density at radius 1 is 0.789 bits per heavy atom. The van der Waals surface area contributed by atoms with Crippen LogP contribution in [-0.4, -0.2) is 0 Å². The third-order valence-corrected chi connectivity index (χ3v) is 15.4. The summed E-state index contributed by atoms with van der Waals surface area (Å²) in [5, 5.41) is 0. The smallest absolute Gasteiger partial charge is 0.0212 e. The van der Waals surface area contributed by atoms with Gasteiger partial charge >= 0.3 is 0 Å². The first kappa shape index (κ1) is 30.9. The Kier molecular flexibility index (Phi) is 8.20. The summed E-state index contributed by atoms with van der Waals surface area (Å²) < 4.78 is 0. The van der Waals surface area contributed by atoms with Crippen LogP contribution in [0.4, 0.5) is 0 Å². The van der Waals surface area contributed by atoms with E-state index < -0.39 is 0 Å². The molecule has 0 N–H and O–H groups in total. The van der Waals surface area contributed by atoms with Crippen LogP contribution in [0.3, 0.4) is 0 Å². The van der Waals surface area contributed by atoms with E-state index in [0.717, 1.165) is 76.9 Å². The van der Waals surface area contributed by atoms with Crippen LogP contribution in [0.1, 0.15) is 142 Å². The zero-order chi connectivity index (χ0) is 28.7. The molecule has 222 valence electrons. The van der Waals surface area contributed by atoms with Gasteiger partial charge in [0.05, 0.1) is 0 Å². The van der Waals surface area contributed by atoms with Crippen molar-refractivity contribution in [3.8, 4) is 0 Å². The van der Waals surface area contributed by atoms with Crippen molar-refractivity contribution in [1.82, 2.24) is 0 Å². The average Bonchev–Trinajstić information content (AvgIpc) is 2.77. The van der Waals surface area contributed by atoms with E-state index in [1.807, 2.05) is 0 Å². The van der Waals surface area contributed by atoms with Crippen molar-refractivity contribution in [3.05, 3.63) is 0 Å². The predicted octanol–water partition coefficient (Wildman–Crippen LogP) is 11.6. The van der Waals surface area contributed by atoms with E-state index in [-0.39, 0.29) is 0 Å². The molecule has 0 aliphatic heterocycles. The third kappa shape index (κ3) is 4.32. The van der Waals surface area contributed by atoms with Gasteiger partial charge in [-0.2, -0.15) is 0 Å². The molecule has 0 aromatic carbocycles. The SMILES string of the molecule is CC(CC1C2(C)C(C)C3CCCC(C)C3C(C)C2C(C)C2(C)C(C)C(C(C)C)C(C)CC12C)CC(C)(C)C. The molecule has 0 amide bonds. The molecule has 4 rings (SSSR count). The molecule has 0 spiro atoms. The van der Waals surface area contributed by atoms with Crippen LogP contribution in [0, 0.1) is 98.6 Å². The van der Waals surface area contributed by atoms with Crippen LogP contribution in [0.2, 0.25) is 0 Å². The number of hydrogen-bond acceptors (Lipinski definition) is 0. The highest BCUT2D eigenvalue weighted by atomic mass is 14.8. The molecule has 0 heteroatoms. The summed E-state index contributed by atoms with van der Waals surface area (Å²) in [6, 6.07) is 0. The van der Waals surface area contributed by atoms with E-state index in [1.165, 1.54) is 38.5 Å². The fourth-order valence-electron chi connectivity index (χ4n) is 14.3. The highest BCUT2D eigenvalue weighted by Gasteiger charge is 2.73. The molecule has 0 saturated heterocycles. The molecule has 15 atom stereocenters. The van der Waals surface area contributed by atoms with E-state index in [4.69, 9.17) is 0 Å². The molecule has 38 heavy (non-hydrogen) atoms. The summed E-state index contributed by atoms with van der Waals surface area (Å²) in [5.74, 6) is 11.0. The topological polar surface area (TPSA) is 0 Å². The lowest BCUT2D eigenvalue weighted by Crippen LogP contribution is -2.72. The molecular weight excluding hydrogens is 456 g/mol. The van der Waals surface area contributed by atoms with Gasteiger partial charge in [0.2, 0.25) is 0 Å². The molecule has 15 unspecified atom stereocenters. The second-order valence-electron chi connectivity index (χ2n) is 18.6. The van der Waals surface area contributed by atoms with Gasteiger partial charge in [-0.05, 0) is 124 Å². The molecular formula is C38H70. The van der Waals surface area contributed by atoms with Crippen molar-refractivity contribution in [2.75, 3.05) is 0 Å². The lowest BCUT2D eigenvalue weighted by atomic mass is 9.27. The Morgan fingerprint density at radius 2 is 1.39 bits per heavy atom. The Hall–Kier alpha value is 0. The van der Waals surface area contributed by atoms with E-state index in [0.29, 0.717) is 21.7 Å². The zero-order valence-electron chi connectivity index (χ0n) is 28.7. The summed E-state index contributed by atoms with van der Waals surface area (Å²) >= 11 is 0. The molecule has 0 heterocycles. The monoisotopic (exact) mass is 527 g/mol. The normalized spacial score (nSPS) is 54.2. The van der Waals surface area contributed by atoms with Crippen molar-refractivity contribution >= 4 is 0 Å². The van der Waals surface area contributed by atoms with Crippen LogP contribution in [0.25, 0.3) is 0 Å². The van der Waals surface area contributed by atoms with Gasteiger partial charge in [0, 0.05) is 0 Å². The van der Waals surface area contributed by atoms with Crippen molar-refractivity contribution in [3.63, 3.8) is 0 Å². The molecule has 4 aliphatic rings. The quantitative estimate of drug-likeness (QED) is 0.341. The maximum Gasteiger partial charge on any atom is -0.0212 e. The standard InChI is InChI=1S/C38H70/c1-22(2)32-25(5)21-36(13)31(19-23(3)20-35(10,11)12)37(14)27(7)30-18-16-17-24(4)33(30)26(6)34(37)29(9)38(36,15)28(32)8/h22-34H,16-21H2,1-15H3. The highest BCUT2D eigenvalue weighted by molar-refractivity contribution is 5.20. The predicted molar refractivity (Wildman–Crippen MR) is 168 cm³/mol. The van der Waals surface area contributed by atoms with Crippen LogP contribution in [0.15, 0.2) is 0 Å². The van der Waals surface area contributed by atoms with Crippen LogP contribution in [0.5, 0.6) is 0 Å². The lowest BCUT2D eigenvalue weighted by molar-refractivity contribution is -0.297. The number of fused-ring (bicyclic) bond motifs is 3. The summed E-state index contributed by atoms with van der Waals surface area (Å²) in [6.07, 6.45) is 8.69. The highest BCUT2D eigenvalue weighted by Crippen LogP contribution is 2.78. The van der Waals surface area contributed by atoms with Crippen molar-refractivity contribution in [2.45, 2.75) is 142 Å². The molecule has 0 bridgehead atoms. The minimum atomic E-state index is 0.406. The van der Waals surface area contributed by atoms with Crippen molar-refractivity contribution < 1.29 is 0 Å². The second kappa shape index (κ2) is 10.1. The summed E-state index contributed by atoms with van der Waals surface area (Å²) in [5.41, 5.74) is 1.68. The number of rotatable bonds is 4. The van der Waals surface area contributed by atoms with Crippen LogP contribution in [-0.2, 0) is 0 Å². The minimum absolute atomic E-state index is 0.406. The summed E-state index contributed by atoms with van der Waals surface area (Å²) in [7, 11) is 0. The number of hydrogen-bond donors (Lipinski definition) is 0. The van der Waals surface area contributed by atoms with Gasteiger partial charge in [-0.25, -0.2) is 0 Å². The first-order chi connectivity index (χ1) is 17.3. The minimum Gasteiger partial charge on any atom is -0.0625 e. The molecule has 4 aliphatic carbocycles. The molecule has 4 saturated carbocycles. The largest absolute Gasteiger partial charge is 0.0625 e. The summed E-state index contributed by atoms with van der Waals surface area (Å²) in [4.78, 5) is 0. The maximum atomic E-state index is 2.87. The van der Waals surface area contributed by atoms with Gasteiger partial charge in [-0.1, -0.05) is 117 Å². The van der Waals surface area contributed by atoms with Crippen molar-refractivity contribution in [1.29, 1.82) is 0 Å². The fourth-order valence-corrected chi connectivity index (χ4v) is 14.3. The van der Waals surface area contributed by atoms with Crippen molar-refractivity contribution in [2.24, 2.45) is 98.6 Å². The Bertz CT molecular complexity index is 831. The first-order valence-electron chi connectivity index (χ1n) is 17.3. The van der Waals surface area contributed by atoms with Crippen LogP contribution >= 0.6 is 0 Å². The van der Waals surface area contributed by atoms with E-state index in [9.17, 15) is 0 Å². The Morgan fingerprint density at radius 3 is 1.95 bits per heavy atom. The summed E-state index contributed by atoms with van der Waals surface area (Å²) in [6.45, 7) is 39.9. The molecule has 0 radical (unpaired) electrons. The van der Waals surface area contributed by atoms with Gasteiger partial charge in [-0.3, -0.25) is 0 Å². The average molecular weight is 527 g/mol. The van der Waals surface area contributed by atoms with E-state index in [2.05, 4.69) is 104 Å². The Balaban J connectivity index is 1.91. The first-order valence-corrected chi connectivity index (χ1v) is 17.3. The Labute approximate surface area is 240 Å². The lowest BCUT2D eigenvalue weighted by Gasteiger charge is -2.77. The van der Waals surface area contributed by atoms with Gasteiger partial charge < -0.3 is 0 Å². The zero-order valence-corrected chi connectivity index (χ0v) is 28.7. The maximum absolute atomic E-state index is 2.87. The second-order valence-corrected chi connectivity index (χ2v) is 18.6. The third-order valence-electron chi connectivity index (χ3n) is 15.4.